The molecular weight excluding hydrogens is 508 g/mol. The van der Waals surface area contributed by atoms with E-state index in [0.29, 0.717) is 56.6 Å². The van der Waals surface area contributed by atoms with Crippen molar-refractivity contribution in [3.8, 4) is 22.4 Å². The van der Waals surface area contributed by atoms with E-state index >= 15 is 0 Å². The number of pyridine rings is 2. The molecule has 0 aliphatic carbocycles. The molecule has 2 saturated heterocycles. The summed E-state index contributed by atoms with van der Waals surface area (Å²) in [6, 6.07) is 14.1. The molecule has 2 aliphatic rings. The average molecular weight is 543 g/mol. The van der Waals surface area contributed by atoms with Crippen LogP contribution in [0.4, 0.5) is 5.95 Å². The Bertz CT molecular complexity index is 1580. The predicted molar refractivity (Wildman–Crippen MR) is 153 cm³/mol. The zero-order valence-electron chi connectivity index (χ0n) is 22.8. The Kier molecular flexibility index (Phi) is 7.57. The second-order valence-electron chi connectivity index (χ2n) is 10.4. The van der Waals surface area contributed by atoms with Gasteiger partial charge in [0, 0.05) is 41.4 Å². The van der Waals surface area contributed by atoms with Gasteiger partial charge < -0.3 is 25.3 Å². The maximum Gasteiger partial charge on any atom is 0.260 e. The van der Waals surface area contributed by atoms with Gasteiger partial charge in [0.2, 0.25) is 5.95 Å². The van der Waals surface area contributed by atoms with Crippen LogP contribution in [0.2, 0.25) is 0 Å². The highest BCUT2D eigenvalue weighted by Gasteiger charge is 2.23. The molecule has 10 nitrogen and oxygen atoms in total. The van der Waals surface area contributed by atoms with Crippen LogP contribution in [0.15, 0.2) is 53.5 Å². The molecule has 6 rings (SSSR count). The first-order valence-corrected chi connectivity index (χ1v) is 13.8. The Morgan fingerprint density at radius 3 is 2.60 bits per heavy atom. The van der Waals surface area contributed by atoms with Gasteiger partial charge in [0.05, 0.1) is 44.2 Å². The van der Waals surface area contributed by atoms with E-state index in [9.17, 15) is 4.79 Å². The first-order chi connectivity index (χ1) is 19.5. The molecule has 5 heterocycles. The number of nitrogens with zero attached hydrogens (tertiary/aromatic N) is 4. The summed E-state index contributed by atoms with van der Waals surface area (Å²) in [6.45, 7) is 6.54. The molecule has 0 bridgehead atoms. The van der Waals surface area contributed by atoms with Crippen LogP contribution in [0, 0.1) is 6.92 Å². The van der Waals surface area contributed by atoms with Crippen molar-refractivity contribution in [1.29, 1.82) is 0 Å². The van der Waals surface area contributed by atoms with E-state index in [1.165, 1.54) is 0 Å². The number of ether oxygens (including phenoxy) is 3. The normalized spacial score (nSPS) is 19.5. The Morgan fingerprint density at radius 2 is 1.88 bits per heavy atom. The van der Waals surface area contributed by atoms with Crippen LogP contribution < -0.4 is 16.6 Å². The zero-order valence-corrected chi connectivity index (χ0v) is 22.8. The molecule has 4 aromatic rings. The molecule has 40 heavy (non-hydrogen) atoms. The fourth-order valence-electron chi connectivity index (χ4n) is 5.10. The van der Waals surface area contributed by atoms with Gasteiger partial charge in [-0.2, -0.15) is 4.98 Å². The van der Waals surface area contributed by atoms with Crippen LogP contribution >= 0.6 is 0 Å². The maximum absolute atomic E-state index is 14.1. The summed E-state index contributed by atoms with van der Waals surface area (Å²) in [5.74, 6) is 0.474. The van der Waals surface area contributed by atoms with E-state index in [4.69, 9.17) is 24.9 Å². The fraction of sp³-hybridized carbons (Fsp3) is 0.400. The first-order valence-electron chi connectivity index (χ1n) is 13.8. The van der Waals surface area contributed by atoms with Gasteiger partial charge in [-0.15, -0.1) is 0 Å². The van der Waals surface area contributed by atoms with Gasteiger partial charge in [0.1, 0.15) is 5.65 Å². The number of fused-ring (bicyclic) bond motifs is 1. The molecule has 3 N–H and O–H groups in total. The number of benzene rings is 1. The highest BCUT2D eigenvalue weighted by atomic mass is 16.7. The van der Waals surface area contributed by atoms with Gasteiger partial charge in [-0.1, -0.05) is 25.1 Å². The Labute approximate surface area is 232 Å². The van der Waals surface area contributed by atoms with Crippen molar-refractivity contribution in [2.24, 2.45) is 5.73 Å². The molecule has 0 amide bonds. The van der Waals surface area contributed by atoms with Gasteiger partial charge in [0.15, 0.2) is 6.29 Å². The lowest BCUT2D eigenvalue weighted by Gasteiger charge is -2.28. The molecule has 1 aromatic carbocycles. The van der Waals surface area contributed by atoms with E-state index in [1.807, 2.05) is 43.3 Å². The number of anilines is 1. The van der Waals surface area contributed by atoms with Crippen LogP contribution in [0.1, 0.15) is 24.6 Å². The van der Waals surface area contributed by atoms with Crippen molar-refractivity contribution in [1.82, 2.24) is 19.5 Å². The molecule has 0 saturated carbocycles. The van der Waals surface area contributed by atoms with Gasteiger partial charge in [-0.25, -0.2) is 4.98 Å². The number of nitrogens with two attached hydrogens (primary N) is 1. The molecule has 0 spiro atoms. The molecule has 208 valence electrons. The molecule has 2 aliphatic heterocycles. The van der Waals surface area contributed by atoms with Gasteiger partial charge in [-0.05, 0) is 48.7 Å². The SMILES string of the molecule is CCc1cc(-c2cccc(C)n2)ccc1-c1cc2cnc(NC3COC3)nc2n(CC[C@H]2OC[C@H](N)CO2)c1=O. The van der Waals surface area contributed by atoms with Crippen LogP contribution in [-0.2, 0) is 27.2 Å². The molecule has 0 radical (unpaired) electrons. The minimum Gasteiger partial charge on any atom is -0.377 e. The minimum atomic E-state index is -0.427. The van der Waals surface area contributed by atoms with E-state index in [2.05, 4.69) is 28.3 Å². The van der Waals surface area contributed by atoms with E-state index in [1.54, 1.807) is 10.8 Å². The third-order valence-electron chi connectivity index (χ3n) is 7.34. The summed E-state index contributed by atoms with van der Waals surface area (Å²) in [7, 11) is 0. The molecule has 2 fully saturated rings. The standard InChI is InChI=1S/C30H34N6O4/c1-3-19-11-20(26-6-4-5-18(2)33-26)7-8-24(19)25-12-21-13-32-30(34-23-16-38-17-23)35-28(21)36(29(25)37)10-9-27-39-14-22(31)15-40-27/h4-8,11-13,22-23,27H,3,9-10,14-17,31H2,1-2H3,(H,32,34,35)/t22-,27-. The highest BCUT2D eigenvalue weighted by molar-refractivity contribution is 5.83. The highest BCUT2D eigenvalue weighted by Crippen LogP contribution is 2.29. The number of nitrogens with one attached hydrogen (secondary N) is 1. The van der Waals surface area contributed by atoms with Crippen molar-refractivity contribution in [2.75, 3.05) is 31.7 Å². The third kappa shape index (κ3) is 5.48. The lowest BCUT2D eigenvalue weighted by molar-refractivity contribution is -0.189. The van der Waals surface area contributed by atoms with E-state index in [0.717, 1.165) is 39.9 Å². The first kappa shape index (κ1) is 26.5. The van der Waals surface area contributed by atoms with Gasteiger partial charge in [0.25, 0.3) is 5.56 Å². The maximum atomic E-state index is 14.1. The summed E-state index contributed by atoms with van der Waals surface area (Å²) in [5.41, 5.74) is 11.8. The summed E-state index contributed by atoms with van der Waals surface area (Å²) in [4.78, 5) is 28.1. The van der Waals surface area contributed by atoms with Crippen LogP contribution in [0.25, 0.3) is 33.4 Å². The minimum absolute atomic E-state index is 0.118. The lowest BCUT2D eigenvalue weighted by Crippen LogP contribution is -2.41. The Hall–Kier alpha value is -3.70. The molecular formula is C30H34N6O4. The monoisotopic (exact) mass is 542 g/mol. The third-order valence-corrected chi connectivity index (χ3v) is 7.34. The van der Waals surface area contributed by atoms with Crippen molar-refractivity contribution in [3.63, 3.8) is 0 Å². The fourth-order valence-corrected chi connectivity index (χ4v) is 5.10. The Balaban J connectivity index is 1.41. The predicted octanol–water partition coefficient (Wildman–Crippen LogP) is 3.29. The second-order valence-corrected chi connectivity index (χ2v) is 10.4. The van der Waals surface area contributed by atoms with Crippen LogP contribution in [0.3, 0.4) is 0 Å². The number of aryl methyl sites for hydroxylation is 3. The van der Waals surface area contributed by atoms with Gasteiger partial charge in [-0.3, -0.25) is 14.3 Å². The summed E-state index contributed by atoms with van der Waals surface area (Å²) in [5, 5.41) is 4.07. The smallest absolute Gasteiger partial charge is 0.260 e. The van der Waals surface area contributed by atoms with Gasteiger partial charge >= 0.3 is 0 Å². The van der Waals surface area contributed by atoms with E-state index in [-0.39, 0.29) is 17.6 Å². The zero-order chi connectivity index (χ0) is 27.6. The second kappa shape index (κ2) is 11.4. The van der Waals surface area contributed by atoms with Crippen LogP contribution in [-0.4, -0.2) is 64.3 Å². The number of aromatic nitrogens is 4. The average Bonchev–Trinajstić information content (AvgIpc) is 2.95. The largest absolute Gasteiger partial charge is 0.377 e. The topological polar surface area (TPSA) is 126 Å². The molecule has 0 atom stereocenters. The lowest BCUT2D eigenvalue weighted by atomic mass is 9.95. The summed E-state index contributed by atoms with van der Waals surface area (Å²) in [6.07, 6.45) is 2.60. The summed E-state index contributed by atoms with van der Waals surface area (Å²) >= 11 is 0. The summed E-state index contributed by atoms with van der Waals surface area (Å²) < 4.78 is 18.5. The van der Waals surface area contributed by atoms with Crippen LogP contribution in [0.5, 0.6) is 0 Å². The Morgan fingerprint density at radius 1 is 1.05 bits per heavy atom. The number of rotatable bonds is 8. The van der Waals surface area contributed by atoms with Crippen molar-refractivity contribution in [2.45, 2.75) is 51.6 Å². The molecule has 10 heteroatoms. The van der Waals surface area contributed by atoms with E-state index < -0.39 is 6.29 Å². The van der Waals surface area contributed by atoms with Crippen molar-refractivity contribution >= 4 is 17.0 Å². The van der Waals surface area contributed by atoms with Crippen molar-refractivity contribution in [3.05, 3.63) is 70.3 Å². The number of hydrogen-bond acceptors (Lipinski definition) is 9. The molecule has 3 aromatic heterocycles. The number of hydrogen-bond donors (Lipinski definition) is 2. The molecule has 0 unspecified atom stereocenters. The van der Waals surface area contributed by atoms with Crippen molar-refractivity contribution < 1.29 is 14.2 Å². The quantitative estimate of drug-likeness (QED) is 0.345.